The second-order valence-corrected chi connectivity index (χ2v) is 6.95. The summed E-state index contributed by atoms with van der Waals surface area (Å²) in [6.45, 7) is 1.55. The number of halogens is 1. The van der Waals surface area contributed by atoms with Crippen LogP contribution in [0.1, 0.15) is 24.1 Å². The fourth-order valence-electron chi connectivity index (χ4n) is 2.81. The highest BCUT2D eigenvalue weighted by Gasteiger charge is 2.44. The Balaban J connectivity index is 1.62. The molecular formula is C17H21BrN4O. The molecule has 6 heteroatoms. The number of hydrogen-bond acceptors (Lipinski definition) is 3. The molecule has 0 aliphatic heterocycles. The van der Waals surface area contributed by atoms with Gasteiger partial charge in [0, 0.05) is 36.6 Å². The van der Waals surface area contributed by atoms with E-state index in [9.17, 15) is 0 Å². The Morgan fingerprint density at radius 1 is 1.43 bits per heavy atom. The number of rotatable bonds is 5. The quantitative estimate of drug-likeness (QED) is 0.643. The van der Waals surface area contributed by atoms with Crippen molar-refractivity contribution in [1.82, 2.24) is 15.4 Å². The van der Waals surface area contributed by atoms with Crippen molar-refractivity contribution in [2.24, 2.45) is 4.99 Å². The van der Waals surface area contributed by atoms with Crippen LogP contribution >= 0.6 is 15.9 Å². The lowest BCUT2D eigenvalue weighted by atomic mass is 9.96. The first kappa shape index (κ1) is 16.1. The first-order valence-electron chi connectivity index (χ1n) is 7.70. The normalized spacial score (nSPS) is 16.2. The van der Waals surface area contributed by atoms with Crippen LogP contribution in [0.4, 0.5) is 0 Å². The Bertz CT molecular complexity index is 680. The van der Waals surface area contributed by atoms with Gasteiger partial charge in [0.2, 0.25) is 0 Å². The molecule has 2 aromatic rings. The van der Waals surface area contributed by atoms with Crippen LogP contribution in [0.3, 0.4) is 0 Å². The number of nitrogens with one attached hydrogen (secondary N) is 1. The molecular weight excluding hydrogens is 356 g/mol. The van der Waals surface area contributed by atoms with E-state index in [2.05, 4.69) is 60.6 Å². The molecule has 0 unspecified atom stereocenters. The molecule has 1 saturated carbocycles. The van der Waals surface area contributed by atoms with Gasteiger partial charge in [-0.1, -0.05) is 33.2 Å². The van der Waals surface area contributed by atoms with Crippen LogP contribution in [-0.4, -0.2) is 36.7 Å². The van der Waals surface area contributed by atoms with Crippen molar-refractivity contribution in [3.63, 3.8) is 0 Å². The monoisotopic (exact) mass is 376 g/mol. The lowest BCUT2D eigenvalue weighted by molar-refractivity contribution is 0.390. The summed E-state index contributed by atoms with van der Waals surface area (Å²) in [7, 11) is 3.81. The minimum atomic E-state index is 0.231. The summed E-state index contributed by atoms with van der Waals surface area (Å²) in [6.07, 6.45) is 4.01. The molecule has 1 N–H and O–H groups in total. The summed E-state index contributed by atoms with van der Waals surface area (Å²) in [5.74, 6) is 0.870. The molecule has 122 valence electrons. The molecule has 23 heavy (non-hydrogen) atoms. The third-order valence-corrected chi connectivity index (χ3v) is 4.83. The Morgan fingerprint density at radius 3 is 2.87 bits per heavy atom. The van der Waals surface area contributed by atoms with Crippen LogP contribution in [-0.2, 0) is 12.0 Å². The topological polar surface area (TPSA) is 53.7 Å². The van der Waals surface area contributed by atoms with Crippen molar-refractivity contribution >= 4 is 21.9 Å². The summed E-state index contributed by atoms with van der Waals surface area (Å²) in [5.41, 5.74) is 2.51. The number of aromatic nitrogens is 1. The van der Waals surface area contributed by atoms with Crippen molar-refractivity contribution in [1.29, 1.82) is 0 Å². The Morgan fingerprint density at radius 2 is 2.26 bits per heavy atom. The first-order chi connectivity index (χ1) is 11.1. The Hall–Kier alpha value is -1.82. The first-order valence-corrected chi connectivity index (χ1v) is 8.49. The SMILES string of the molecule is CN=C(NCC1(c2cccc(Br)c2)CC1)N(C)Cc1ccon1. The summed E-state index contributed by atoms with van der Waals surface area (Å²) in [5, 5.41) is 7.45. The lowest BCUT2D eigenvalue weighted by Gasteiger charge is -2.24. The molecule has 0 radical (unpaired) electrons. The molecule has 1 aromatic heterocycles. The Labute approximate surface area is 144 Å². The van der Waals surface area contributed by atoms with E-state index < -0.39 is 0 Å². The number of hydrogen-bond donors (Lipinski definition) is 1. The average molecular weight is 377 g/mol. The highest BCUT2D eigenvalue weighted by atomic mass is 79.9. The smallest absolute Gasteiger partial charge is 0.193 e. The number of benzene rings is 1. The lowest BCUT2D eigenvalue weighted by Crippen LogP contribution is -2.42. The highest BCUT2D eigenvalue weighted by molar-refractivity contribution is 9.10. The highest BCUT2D eigenvalue weighted by Crippen LogP contribution is 2.48. The van der Waals surface area contributed by atoms with Crippen molar-refractivity contribution in [2.45, 2.75) is 24.8 Å². The van der Waals surface area contributed by atoms with Gasteiger partial charge in [0.25, 0.3) is 0 Å². The molecule has 3 rings (SSSR count). The van der Waals surface area contributed by atoms with Gasteiger partial charge in [-0.2, -0.15) is 0 Å². The molecule has 0 saturated heterocycles. The molecule has 0 atom stereocenters. The zero-order valence-electron chi connectivity index (χ0n) is 13.4. The van der Waals surface area contributed by atoms with Gasteiger partial charge in [-0.3, -0.25) is 4.99 Å². The third kappa shape index (κ3) is 3.75. The fraction of sp³-hybridized carbons (Fsp3) is 0.412. The van der Waals surface area contributed by atoms with Gasteiger partial charge in [-0.15, -0.1) is 0 Å². The molecule has 0 amide bonds. The van der Waals surface area contributed by atoms with Crippen molar-refractivity contribution < 1.29 is 4.52 Å². The van der Waals surface area contributed by atoms with Gasteiger partial charge in [-0.05, 0) is 30.5 Å². The predicted octanol–water partition coefficient (Wildman–Crippen LogP) is 3.18. The summed E-state index contributed by atoms with van der Waals surface area (Å²) in [4.78, 5) is 6.42. The number of aliphatic imine (C=N–C) groups is 1. The number of guanidine groups is 1. The molecule has 0 bridgehead atoms. The van der Waals surface area contributed by atoms with Crippen molar-refractivity contribution in [3.05, 3.63) is 52.3 Å². The molecule has 1 aliphatic rings. The van der Waals surface area contributed by atoms with Crippen LogP contribution in [0.2, 0.25) is 0 Å². The molecule has 1 heterocycles. The van der Waals surface area contributed by atoms with E-state index in [4.69, 9.17) is 4.52 Å². The summed E-state index contributed by atoms with van der Waals surface area (Å²) < 4.78 is 6.01. The standard InChI is InChI=1S/C17H21BrN4O/c1-19-16(22(2)11-15-6-9-23-21-15)20-12-17(7-8-17)13-4-3-5-14(18)10-13/h3-6,9-10H,7-8,11-12H2,1-2H3,(H,19,20). The minimum absolute atomic E-state index is 0.231. The zero-order valence-corrected chi connectivity index (χ0v) is 15.0. The summed E-state index contributed by atoms with van der Waals surface area (Å²) >= 11 is 3.56. The predicted molar refractivity (Wildman–Crippen MR) is 94.4 cm³/mol. The second kappa shape index (κ2) is 6.74. The van der Waals surface area contributed by atoms with E-state index in [1.165, 1.54) is 18.4 Å². The molecule has 1 fully saturated rings. The largest absolute Gasteiger partial charge is 0.364 e. The van der Waals surface area contributed by atoms with E-state index in [1.54, 1.807) is 13.3 Å². The molecule has 1 aromatic carbocycles. The van der Waals surface area contributed by atoms with E-state index in [-0.39, 0.29) is 5.41 Å². The van der Waals surface area contributed by atoms with Gasteiger partial charge < -0.3 is 14.7 Å². The van der Waals surface area contributed by atoms with Crippen molar-refractivity contribution in [2.75, 3.05) is 20.6 Å². The maximum absolute atomic E-state index is 4.88. The van der Waals surface area contributed by atoms with Crippen LogP contribution in [0.5, 0.6) is 0 Å². The average Bonchev–Trinajstić information content (AvgIpc) is 3.16. The van der Waals surface area contributed by atoms with E-state index in [0.29, 0.717) is 6.54 Å². The molecule has 1 aliphatic carbocycles. The van der Waals surface area contributed by atoms with Crippen LogP contribution in [0.25, 0.3) is 0 Å². The fourth-order valence-corrected chi connectivity index (χ4v) is 3.21. The minimum Gasteiger partial charge on any atom is -0.364 e. The van der Waals surface area contributed by atoms with Crippen LogP contribution < -0.4 is 5.32 Å². The maximum Gasteiger partial charge on any atom is 0.193 e. The van der Waals surface area contributed by atoms with Gasteiger partial charge in [-0.25, -0.2) is 0 Å². The van der Waals surface area contributed by atoms with E-state index in [0.717, 1.165) is 22.7 Å². The number of nitrogens with zero attached hydrogens (tertiary/aromatic N) is 3. The van der Waals surface area contributed by atoms with Gasteiger partial charge in [0.15, 0.2) is 5.96 Å². The maximum atomic E-state index is 4.88. The molecule has 5 nitrogen and oxygen atoms in total. The van der Waals surface area contributed by atoms with E-state index >= 15 is 0 Å². The van der Waals surface area contributed by atoms with E-state index in [1.807, 2.05) is 13.1 Å². The third-order valence-electron chi connectivity index (χ3n) is 4.34. The molecule has 0 spiro atoms. The Kier molecular flexibility index (Phi) is 4.71. The van der Waals surface area contributed by atoms with Crippen LogP contribution in [0.15, 0.2) is 50.6 Å². The van der Waals surface area contributed by atoms with Crippen LogP contribution in [0, 0.1) is 0 Å². The zero-order chi connectivity index (χ0) is 16.3. The van der Waals surface area contributed by atoms with Gasteiger partial charge in [0.05, 0.1) is 6.54 Å². The summed E-state index contributed by atoms with van der Waals surface area (Å²) in [6, 6.07) is 10.5. The second-order valence-electron chi connectivity index (χ2n) is 6.04. The van der Waals surface area contributed by atoms with Gasteiger partial charge >= 0.3 is 0 Å². The van der Waals surface area contributed by atoms with Crippen molar-refractivity contribution in [3.8, 4) is 0 Å². The van der Waals surface area contributed by atoms with Gasteiger partial charge in [0.1, 0.15) is 12.0 Å².